The van der Waals surface area contributed by atoms with Gasteiger partial charge in [-0.1, -0.05) is 13.8 Å². The van der Waals surface area contributed by atoms with E-state index in [4.69, 9.17) is 0 Å². The Hall–Kier alpha value is -0.120. The SMILES string of the molecule is CCNC1CCN(CC2CCCN(C)C2)C(C)C1C. The van der Waals surface area contributed by atoms with Gasteiger partial charge in [-0.3, -0.25) is 4.90 Å². The van der Waals surface area contributed by atoms with Crippen molar-refractivity contribution in [3.05, 3.63) is 0 Å². The Morgan fingerprint density at radius 1 is 1.16 bits per heavy atom. The second-order valence-corrected chi connectivity index (χ2v) is 6.82. The van der Waals surface area contributed by atoms with Crippen molar-refractivity contribution in [3.8, 4) is 0 Å². The second-order valence-electron chi connectivity index (χ2n) is 6.82. The van der Waals surface area contributed by atoms with E-state index in [1.165, 1.54) is 45.4 Å². The summed E-state index contributed by atoms with van der Waals surface area (Å²) in [5.41, 5.74) is 0. The fraction of sp³-hybridized carbons (Fsp3) is 1.00. The van der Waals surface area contributed by atoms with E-state index >= 15 is 0 Å². The molecule has 0 aromatic heterocycles. The summed E-state index contributed by atoms with van der Waals surface area (Å²) in [4.78, 5) is 5.26. The Morgan fingerprint density at radius 2 is 1.95 bits per heavy atom. The van der Waals surface area contributed by atoms with Crippen LogP contribution < -0.4 is 5.32 Å². The summed E-state index contributed by atoms with van der Waals surface area (Å²) in [5.74, 6) is 1.67. The van der Waals surface area contributed by atoms with Crippen LogP contribution in [-0.2, 0) is 0 Å². The third-order valence-electron chi connectivity index (χ3n) is 5.38. The largest absolute Gasteiger partial charge is 0.314 e. The summed E-state index contributed by atoms with van der Waals surface area (Å²) >= 11 is 0. The number of likely N-dealkylation sites (tertiary alicyclic amines) is 2. The highest BCUT2D eigenvalue weighted by Crippen LogP contribution is 2.26. The van der Waals surface area contributed by atoms with Gasteiger partial charge < -0.3 is 10.2 Å². The highest BCUT2D eigenvalue weighted by atomic mass is 15.2. The molecule has 4 unspecified atom stereocenters. The summed E-state index contributed by atoms with van der Waals surface area (Å²) in [6, 6.07) is 1.45. The molecule has 2 aliphatic heterocycles. The Bertz CT molecular complexity index is 269. The summed E-state index contributed by atoms with van der Waals surface area (Å²) in [6.45, 7) is 13.4. The monoisotopic (exact) mass is 267 g/mol. The minimum absolute atomic E-state index is 0.727. The van der Waals surface area contributed by atoms with Crippen LogP contribution >= 0.6 is 0 Å². The lowest BCUT2D eigenvalue weighted by atomic mass is 9.85. The molecule has 2 rings (SSSR count). The molecule has 2 heterocycles. The van der Waals surface area contributed by atoms with Gasteiger partial charge in [-0.15, -0.1) is 0 Å². The zero-order chi connectivity index (χ0) is 13.8. The molecule has 0 bridgehead atoms. The zero-order valence-corrected chi connectivity index (χ0v) is 13.4. The van der Waals surface area contributed by atoms with Crippen molar-refractivity contribution in [3.63, 3.8) is 0 Å². The van der Waals surface area contributed by atoms with Crippen LogP contribution in [0, 0.1) is 11.8 Å². The quantitative estimate of drug-likeness (QED) is 0.841. The van der Waals surface area contributed by atoms with Crippen LogP contribution in [0.5, 0.6) is 0 Å². The van der Waals surface area contributed by atoms with Gasteiger partial charge in [0.05, 0.1) is 0 Å². The van der Waals surface area contributed by atoms with E-state index in [0.29, 0.717) is 0 Å². The standard InChI is InChI=1S/C16H33N3/c1-5-17-16-8-10-19(14(3)13(16)2)12-15-7-6-9-18(4)11-15/h13-17H,5-12H2,1-4H3. The first-order chi connectivity index (χ1) is 9.11. The van der Waals surface area contributed by atoms with Gasteiger partial charge in [0.2, 0.25) is 0 Å². The predicted molar refractivity (Wildman–Crippen MR) is 82.5 cm³/mol. The maximum Gasteiger partial charge on any atom is 0.0120 e. The van der Waals surface area contributed by atoms with Gasteiger partial charge in [0.15, 0.2) is 0 Å². The molecule has 112 valence electrons. The van der Waals surface area contributed by atoms with Crippen molar-refractivity contribution in [2.75, 3.05) is 39.8 Å². The molecular weight excluding hydrogens is 234 g/mol. The van der Waals surface area contributed by atoms with Gasteiger partial charge >= 0.3 is 0 Å². The molecule has 3 heteroatoms. The molecule has 0 aliphatic carbocycles. The third-order valence-corrected chi connectivity index (χ3v) is 5.38. The molecule has 0 amide bonds. The van der Waals surface area contributed by atoms with Crippen LogP contribution in [0.4, 0.5) is 0 Å². The number of piperidine rings is 2. The molecule has 4 atom stereocenters. The maximum absolute atomic E-state index is 3.66. The van der Waals surface area contributed by atoms with E-state index < -0.39 is 0 Å². The molecule has 3 nitrogen and oxygen atoms in total. The van der Waals surface area contributed by atoms with Gasteiger partial charge in [-0.25, -0.2) is 0 Å². The molecule has 2 fully saturated rings. The smallest absolute Gasteiger partial charge is 0.0120 e. The van der Waals surface area contributed by atoms with Gasteiger partial charge in [0, 0.05) is 25.2 Å². The molecule has 19 heavy (non-hydrogen) atoms. The lowest BCUT2D eigenvalue weighted by Gasteiger charge is -2.45. The molecule has 0 aromatic carbocycles. The predicted octanol–water partition coefficient (Wildman–Crippen LogP) is 2.04. The highest BCUT2D eigenvalue weighted by molar-refractivity contribution is 4.89. The van der Waals surface area contributed by atoms with Gasteiger partial charge in [-0.05, 0) is 64.7 Å². The van der Waals surface area contributed by atoms with Gasteiger partial charge in [-0.2, -0.15) is 0 Å². The molecule has 0 saturated carbocycles. The second kappa shape index (κ2) is 7.05. The van der Waals surface area contributed by atoms with Crippen LogP contribution in [0.2, 0.25) is 0 Å². The van der Waals surface area contributed by atoms with E-state index in [-0.39, 0.29) is 0 Å². The van der Waals surface area contributed by atoms with Crippen molar-refractivity contribution in [2.24, 2.45) is 11.8 Å². The molecule has 0 spiro atoms. The lowest BCUT2D eigenvalue weighted by molar-refractivity contribution is 0.0560. The zero-order valence-electron chi connectivity index (χ0n) is 13.4. The molecule has 0 aromatic rings. The van der Waals surface area contributed by atoms with Crippen molar-refractivity contribution < 1.29 is 0 Å². The first-order valence-electron chi connectivity index (χ1n) is 8.27. The van der Waals surface area contributed by atoms with Crippen molar-refractivity contribution in [2.45, 2.75) is 52.1 Å². The summed E-state index contributed by atoms with van der Waals surface area (Å²) < 4.78 is 0. The molecule has 0 radical (unpaired) electrons. The highest BCUT2D eigenvalue weighted by Gasteiger charge is 2.33. The Kier molecular flexibility index (Phi) is 5.67. The fourth-order valence-electron chi connectivity index (χ4n) is 4.00. The van der Waals surface area contributed by atoms with Gasteiger partial charge in [0.1, 0.15) is 0 Å². The first kappa shape index (κ1) is 15.3. The number of nitrogens with zero attached hydrogens (tertiary/aromatic N) is 2. The van der Waals surface area contributed by atoms with E-state index in [1.807, 2.05) is 0 Å². The molecule has 1 N–H and O–H groups in total. The van der Waals surface area contributed by atoms with Crippen LogP contribution in [0.25, 0.3) is 0 Å². The third kappa shape index (κ3) is 3.93. The number of rotatable bonds is 4. The van der Waals surface area contributed by atoms with E-state index in [2.05, 4.69) is 42.9 Å². The maximum atomic E-state index is 3.66. The Balaban J connectivity index is 1.84. The van der Waals surface area contributed by atoms with Gasteiger partial charge in [0.25, 0.3) is 0 Å². The Labute approximate surface area is 119 Å². The number of hydrogen-bond donors (Lipinski definition) is 1. The van der Waals surface area contributed by atoms with Crippen molar-refractivity contribution in [1.29, 1.82) is 0 Å². The topological polar surface area (TPSA) is 18.5 Å². The molecular formula is C16H33N3. The Morgan fingerprint density at radius 3 is 2.63 bits per heavy atom. The minimum Gasteiger partial charge on any atom is -0.314 e. The van der Waals surface area contributed by atoms with E-state index in [9.17, 15) is 0 Å². The normalized spacial score (nSPS) is 38.5. The van der Waals surface area contributed by atoms with Crippen molar-refractivity contribution in [1.82, 2.24) is 15.1 Å². The summed E-state index contributed by atoms with van der Waals surface area (Å²) in [5, 5.41) is 3.66. The average molecular weight is 267 g/mol. The van der Waals surface area contributed by atoms with Crippen LogP contribution in [-0.4, -0.2) is 61.7 Å². The van der Waals surface area contributed by atoms with Crippen LogP contribution in [0.1, 0.15) is 40.0 Å². The van der Waals surface area contributed by atoms with Crippen LogP contribution in [0.3, 0.4) is 0 Å². The first-order valence-corrected chi connectivity index (χ1v) is 8.27. The lowest BCUT2D eigenvalue weighted by Crippen LogP contribution is -2.55. The summed E-state index contributed by atoms with van der Waals surface area (Å²) in [6.07, 6.45) is 4.14. The fourth-order valence-corrected chi connectivity index (χ4v) is 4.00. The summed E-state index contributed by atoms with van der Waals surface area (Å²) in [7, 11) is 2.27. The van der Waals surface area contributed by atoms with Crippen molar-refractivity contribution >= 4 is 0 Å². The minimum atomic E-state index is 0.727. The molecule has 2 saturated heterocycles. The van der Waals surface area contributed by atoms with Crippen LogP contribution in [0.15, 0.2) is 0 Å². The molecule has 2 aliphatic rings. The number of hydrogen-bond acceptors (Lipinski definition) is 3. The van der Waals surface area contributed by atoms with E-state index in [0.717, 1.165) is 30.5 Å². The average Bonchev–Trinajstić information content (AvgIpc) is 2.39. The number of nitrogens with one attached hydrogen (secondary N) is 1. The van der Waals surface area contributed by atoms with E-state index in [1.54, 1.807) is 0 Å².